The van der Waals surface area contributed by atoms with E-state index >= 15 is 0 Å². The standard InChI is InChI=1S/C16H22FNO/c17-14-7-3-9-16(13(14)11-19)18-10-4-6-12-5-1-2-8-15(12)18/h3,7,9,12,15,19H,1-2,4-6,8,10-11H2. The lowest BCUT2D eigenvalue weighted by atomic mass is 9.78. The maximum atomic E-state index is 13.8. The second-order valence-electron chi connectivity index (χ2n) is 5.84. The quantitative estimate of drug-likeness (QED) is 0.883. The molecule has 1 aromatic carbocycles. The lowest BCUT2D eigenvalue weighted by Gasteiger charge is -2.46. The largest absolute Gasteiger partial charge is 0.391 e. The Balaban J connectivity index is 1.94. The van der Waals surface area contributed by atoms with Gasteiger partial charge in [-0.1, -0.05) is 18.9 Å². The summed E-state index contributed by atoms with van der Waals surface area (Å²) in [4.78, 5) is 2.36. The fourth-order valence-corrected chi connectivity index (χ4v) is 3.90. The van der Waals surface area contributed by atoms with Crippen LogP contribution >= 0.6 is 0 Å². The number of rotatable bonds is 2. The predicted molar refractivity (Wildman–Crippen MR) is 74.6 cm³/mol. The first kappa shape index (κ1) is 12.9. The molecule has 2 nitrogen and oxygen atoms in total. The van der Waals surface area contributed by atoms with Crippen LogP contribution in [-0.4, -0.2) is 17.7 Å². The van der Waals surface area contributed by atoms with Gasteiger partial charge in [-0.25, -0.2) is 4.39 Å². The van der Waals surface area contributed by atoms with Crippen molar-refractivity contribution in [2.45, 2.75) is 51.2 Å². The summed E-state index contributed by atoms with van der Waals surface area (Å²) in [5.74, 6) is 0.482. The monoisotopic (exact) mass is 263 g/mol. The molecule has 1 heterocycles. The Kier molecular flexibility index (Phi) is 3.74. The number of halogens is 1. The van der Waals surface area contributed by atoms with Gasteiger partial charge in [-0.05, 0) is 43.7 Å². The van der Waals surface area contributed by atoms with Gasteiger partial charge in [0.1, 0.15) is 5.82 Å². The lowest BCUT2D eigenvalue weighted by Crippen LogP contribution is -2.47. The van der Waals surface area contributed by atoms with Gasteiger partial charge < -0.3 is 10.0 Å². The van der Waals surface area contributed by atoms with Crippen LogP contribution in [0.1, 0.15) is 44.1 Å². The number of hydrogen-bond donors (Lipinski definition) is 1. The van der Waals surface area contributed by atoms with Gasteiger partial charge >= 0.3 is 0 Å². The van der Waals surface area contributed by atoms with Crippen LogP contribution in [0.3, 0.4) is 0 Å². The van der Waals surface area contributed by atoms with Gasteiger partial charge in [0.05, 0.1) is 6.61 Å². The molecule has 1 N–H and O–H groups in total. The van der Waals surface area contributed by atoms with Gasteiger partial charge in [0.25, 0.3) is 0 Å². The molecule has 1 saturated carbocycles. The molecule has 3 heteroatoms. The van der Waals surface area contributed by atoms with Crippen LogP contribution in [0, 0.1) is 11.7 Å². The second-order valence-corrected chi connectivity index (χ2v) is 5.84. The average Bonchev–Trinajstić information content (AvgIpc) is 2.46. The van der Waals surface area contributed by atoms with Crippen molar-refractivity contribution in [2.75, 3.05) is 11.4 Å². The smallest absolute Gasteiger partial charge is 0.130 e. The minimum absolute atomic E-state index is 0.212. The SMILES string of the molecule is OCc1c(F)cccc1N1CCCC2CCCCC21. The molecular formula is C16H22FNO. The third-order valence-corrected chi connectivity index (χ3v) is 4.80. The number of piperidine rings is 1. The summed E-state index contributed by atoms with van der Waals surface area (Å²) in [6.07, 6.45) is 7.64. The first-order valence-electron chi connectivity index (χ1n) is 7.46. The van der Waals surface area contributed by atoms with Crippen LogP contribution < -0.4 is 4.90 Å². The fraction of sp³-hybridized carbons (Fsp3) is 0.625. The summed E-state index contributed by atoms with van der Waals surface area (Å²) in [6.45, 7) is 0.785. The maximum absolute atomic E-state index is 13.8. The molecule has 1 saturated heterocycles. The summed E-state index contributed by atoms with van der Waals surface area (Å²) < 4.78 is 13.8. The van der Waals surface area contributed by atoms with Crippen LogP contribution in [-0.2, 0) is 6.61 Å². The molecule has 0 amide bonds. The Morgan fingerprint density at radius 2 is 1.95 bits per heavy atom. The van der Waals surface area contributed by atoms with E-state index < -0.39 is 0 Å². The van der Waals surface area contributed by atoms with Crippen molar-refractivity contribution < 1.29 is 9.50 Å². The minimum atomic E-state index is -0.280. The summed E-state index contributed by atoms with van der Waals surface area (Å²) in [5.41, 5.74) is 1.38. The summed E-state index contributed by atoms with van der Waals surface area (Å²) in [5, 5.41) is 9.46. The molecule has 1 aromatic rings. The van der Waals surface area contributed by atoms with Crippen LogP contribution in [0.15, 0.2) is 18.2 Å². The molecular weight excluding hydrogens is 241 g/mol. The molecule has 0 radical (unpaired) electrons. The number of aliphatic hydroxyl groups excluding tert-OH is 1. The predicted octanol–water partition coefficient (Wildman–Crippen LogP) is 3.48. The normalized spacial score (nSPS) is 27.2. The van der Waals surface area contributed by atoms with Crippen molar-refractivity contribution in [1.82, 2.24) is 0 Å². The lowest BCUT2D eigenvalue weighted by molar-refractivity contribution is 0.240. The zero-order chi connectivity index (χ0) is 13.2. The third-order valence-electron chi connectivity index (χ3n) is 4.80. The van der Waals surface area contributed by atoms with E-state index in [0.29, 0.717) is 11.6 Å². The maximum Gasteiger partial charge on any atom is 0.130 e. The van der Waals surface area contributed by atoms with E-state index in [9.17, 15) is 9.50 Å². The Morgan fingerprint density at radius 3 is 2.79 bits per heavy atom. The average molecular weight is 263 g/mol. The molecule has 0 bridgehead atoms. The number of hydrogen-bond acceptors (Lipinski definition) is 2. The minimum Gasteiger partial charge on any atom is -0.391 e. The van der Waals surface area contributed by atoms with Crippen molar-refractivity contribution in [3.8, 4) is 0 Å². The van der Waals surface area contributed by atoms with Crippen molar-refractivity contribution >= 4 is 5.69 Å². The molecule has 19 heavy (non-hydrogen) atoms. The summed E-state index contributed by atoms with van der Waals surface area (Å²) in [7, 11) is 0. The van der Waals surface area contributed by atoms with Crippen LogP contribution in [0.2, 0.25) is 0 Å². The topological polar surface area (TPSA) is 23.5 Å². The molecule has 1 aliphatic heterocycles. The third kappa shape index (κ3) is 2.36. The zero-order valence-electron chi connectivity index (χ0n) is 11.3. The highest BCUT2D eigenvalue weighted by Gasteiger charge is 2.34. The second kappa shape index (κ2) is 5.49. The highest BCUT2D eigenvalue weighted by Crippen LogP contribution is 2.39. The van der Waals surface area contributed by atoms with Gasteiger partial charge in [0.15, 0.2) is 0 Å². The molecule has 3 rings (SSSR count). The van der Waals surface area contributed by atoms with Crippen molar-refractivity contribution in [1.29, 1.82) is 0 Å². The molecule has 0 aromatic heterocycles. The van der Waals surface area contributed by atoms with E-state index in [-0.39, 0.29) is 12.4 Å². The van der Waals surface area contributed by atoms with Crippen molar-refractivity contribution in [2.24, 2.45) is 5.92 Å². The number of fused-ring (bicyclic) bond motifs is 1. The Bertz CT molecular complexity index is 446. The van der Waals surface area contributed by atoms with Gasteiger partial charge in [-0.15, -0.1) is 0 Å². The first-order valence-corrected chi connectivity index (χ1v) is 7.46. The van der Waals surface area contributed by atoms with Gasteiger partial charge in [-0.2, -0.15) is 0 Å². The van der Waals surface area contributed by atoms with Crippen LogP contribution in [0.5, 0.6) is 0 Å². The molecule has 2 aliphatic rings. The van der Waals surface area contributed by atoms with Crippen LogP contribution in [0.4, 0.5) is 10.1 Å². The molecule has 2 fully saturated rings. The van der Waals surface area contributed by atoms with Gasteiger partial charge in [0.2, 0.25) is 0 Å². The Morgan fingerprint density at radius 1 is 1.16 bits per heavy atom. The molecule has 104 valence electrons. The zero-order valence-corrected chi connectivity index (χ0v) is 11.3. The number of anilines is 1. The Hall–Kier alpha value is -1.09. The molecule has 2 atom stereocenters. The molecule has 0 spiro atoms. The highest BCUT2D eigenvalue weighted by molar-refractivity contribution is 5.55. The van der Waals surface area contributed by atoms with Crippen LogP contribution in [0.25, 0.3) is 0 Å². The fourth-order valence-electron chi connectivity index (χ4n) is 3.90. The number of benzene rings is 1. The van der Waals surface area contributed by atoms with Crippen molar-refractivity contribution in [3.05, 3.63) is 29.6 Å². The van der Waals surface area contributed by atoms with E-state index in [0.717, 1.165) is 18.2 Å². The van der Waals surface area contributed by atoms with Crippen molar-refractivity contribution in [3.63, 3.8) is 0 Å². The first-order chi connectivity index (χ1) is 9.31. The van der Waals surface area contributed by atoms with E-state index in [1.54, 1.807) is 6.07 Å². The highest BCUT2D eigenvalue weighted by atomic mass is 19.1. The number of aliphatic hydroxyl groups is 1. The van der Waals surface area contributed by atoms with E-state index in [1.165, 1.54) is 44.6 Å². The van der Waals surface area contributed by atoms with E-state index in [1.807, 2.05) is 6.07 Å². The van der Waals surface area contributed by atoms with Gasteiger partial charge in [0, 0.05) is 23.8 Å². The Labute approximate surface area is 114 Å². The number of nitrogens with zero attached hydrogens (tertiary/aromatic N) is 1. The van der Waals surface area contributed by atoms with Gasteiger partial charge in [-0.3, -0.25) is 0 Å². The molecule has 1 aliphatic carbocycles. The summed E-state index contributed by atoms with van der Waals surface area (Å²) in [6, 6.07) is 5.72. The van der Waals surface area contributed by atoms with E-state index in [2.05, 4.69) is 4.90 Å². The van der Waals surface area contributed by atoms with E-state index in [4.69, 9.17) is 0 Å². The molecule has 2 unspecified atom stereocenters. The summed E-state index contributed by atoms with van der Waals surface area (Å²) >= 11 is 0.